The molecule has 20 heavy (non-hydrogen) atoms. The number of alkyl halides is 3. The second-order valence-corrected chi connectivity index (χ2v) is 5.45. The average molecular weight is 298 g/mol. The lowest BCUT2D eigenvalue weighted by atomic mass is 10.00. The molecule has 0 aliphatic carbocycles. The molecule has 0 rings (SSSR count). The summed E-state index contributed by atoms with van der Waals surface area (Å²) < 4.78 is 42.4. The fourth-order valence-electron chi connectivity index (χ4n) is 2.26. The molecule has 0 aromatic carbocycles. The molecule has 4 nitrogen and oxygen atoms in total. The highest BCUT2D eigenvalue weighted by Crippen LogP contribution is 2.19. The molecular weight excluding hydrogens is 273 g/mol. The number of hydrogen-bond donors (Lipinski definition) is 1. The Morgan fingerprint density at radius 2 is 1.85 bits per heavy atom. The van der Waals surface area contributed by atoms with E-state index in [0.29, 0.717) is 6.42 Å². The zero-order chi connectivity index (χ0) is 16.0. The van der Waals surface area contributed by atoms with Crippen molar-refractivity contribution >= 4 is 5.97 Å². The molecule has 0 aromatic rings. The molecule has 0 fully saturated rings. The Labute approximate surface area is 118 Å². The number of carbonyl (C=O) groups is 1. The van der Waals surface area contributed by atoms with Crippen LogP contribution in [0.25, 0.3) is 0 Å². The van der Waals surface area contributed by atoms with Gasteiger partial charge in [-0.1, -0.05) is 6.92 Å². The van der Waals surface area contributed by atoms with Crippen LogP contribution < -0.4 is 5.32 Å². The largest absolute Gasteiger partial charge is 0.468 e. The lowest BCUT2D eigenvalue weighted by molar-refractivity contribution is -0.158. The van der Waals surface area contributed by atoms with Crippen LogP contribution in [0.15, 0.2) is 0 Å². The van der Waals surface area contributed by atoms with E-state index in [2.05, 4.69) is 5.32 Å². The van der Waals surface area contributed by atoms with E-state index in [9.17, 15) is 18.0 Å². The summed E-state index contributed by atoms with van der Waals surface area (Å²) in [6.45, 7) is 6.21. The van der Waals surface area contributed by atoms with Gasteiger partial charge in [-0.15, -0.1) is 0 Å². The number of nitrogens with one attached hydrogen (secondary N) is 1. The van der Waals surface area contributed by atoms with Gasteiger partial charge in [-0.3, -0.25) is 15.0 Å². The Bertz CT molecular complexity index is 308. The average Bonchev–Trinajstić information content (AvgIpc) is 2.24. The molecule has 1 N–H and O–H groups in total. The van der Waals surface area contributed by atoms with E-state index >= 15 is 0 Å². The van der Waals surface area contributed by atoms with E-state index in [1.54, 1.807) is 13.8 Å². The number of rotatable bonds is 8. The monoisotopic (exact) mass is 298 g/mol. The van der Waals surface area contributed by atoms with Crippen molar-refractivity contribution in [1.29, 1.82) is 0 Å². The second kappa shape index (κ2) is 7.83. The predicted molar refractivity (Wildman–Crippen MR) is 71.5 cm³/mol. The summed E-state index contributed by atoms with van der Waals surface area (Å²) in [7, 11) is 1.23. The smallest absolute Gasteiger partial charge is 0.401 e. The van der Waals surface area contributed by atoms with Crippen molar-refractivity contribution in [2.75, 3.05) is 26.7 Å². The molecule has 120 valence electrons. The zero-order valence-electron chi connectivity index (χ0n) is 12.8. The summed E-state index contributed by atoms with van der Waals surface area (Å²) >= 11 is 0. The molecule has 0 bridgehead atoms. The first-order valence-corrected chi connectivity index (χ1v) is 6.69. The summed E-state index contributed by atoms with van der Waals surface area (Å²) in [5.74, 6) is -0.561. The molecular formula is C13H25F3N2O2. The molecule has 0 radical (unpaired) electrons. The molecule has 0 saturated heterocycles. The molecule has 1 unspecified atom stereocenters. The van der Waals surface area contributed by atoms with Gasteiger partial charge in [0.15, 0.2) is 0 Å². The van der Waals surface area contributed by atoms with Gasteiger partial charge in [-0.25, -0.2) is 0 Å². The molecule has 0 aliphatic heterocycles. The molecule has 0 spiro atoms. The molecule has 7 heteroatoms. The first-order valence-electron chi connectivity index (χ1n) is 6.69. The molecule has 0 aromatic heterocycles. The maximum Gasteiger partial charge on any atom is 0.401 e. The van der Waals surface area contributed by atoms with Crippen LogP contribution in [0, 0.1) is 0 Å². The fourth-order valence-corrected chi connectivity index (χ4v) is 2.26. The van der Waals surface area contributed by atoms with Gasteiger partial charge in [0.05, 0.1) is 13.7 Å². The minimum absolute atomic E-state index is 0.0477. The third-order valence-electron chi connectivity index (χ3n) is 2.73. The maximum absolute atomic E-state index is 12.6. The predicted octanol–water partition coefficient (Wildman–Crippen LogP) is 2.19. The molecule has 0 heterocycles. The second-order valence-electron chi connectivity index (χ2n) is 5.45. The fraction of sp³-hybridized carbons (Fsp3) is 0.923. The maximum atomic E-state index is 12.6. The van der Waals surface area contributed by atoms with Crippen LogP contribution in [0.1, 0.15) is 34.1 Å². The quantitative estimate of drug-likeness (QED) is 0.698. The van der Waals surface area contributed by atoms with Gasteiger partial charge < -0.3 is 4.74 Å². The van der Waals surface area contributed by atoms with E-state index < -0.39 is 24.2 Å². The summed E-state index contributed by atoms with van der Waals surface area (Å²) in [6, 6.07) is -0.0477. The van der Waals surface area contributed by atoms with Gasteiger partial charge >= 0.3 is 12.1 Å². The SMILES string of the molecule is CCCN(CC(F)(F)F)CC(C)(NC(C)C)C(=O)OC. The van der Waals surface area contributed by atoms with E-state index in [1.807, 2.05) is 13.8 Å². The van der Waals surface area contributed by atoms with Gasteiger partial charge in [0.2, 0.25) is 0 Å². The number of halogens is 3. The number of esters is 1. The van der Waals surface area contributed by atoms with Crippen LogP contribution >= 0.6 is 0 Å². The van der Waals surface area contributed by atoms with Crippen LogP contribution in [0.4, 0.5) is 13.2 Å². The number of ether oxygens (including phenoxy) is 1. The minimum Gasteiger partial charge on any atom is -0.468 e. The van der Waals surface area contributed by atoms with Crippen LogP contribution in [0.2, 0.25) is 0 Å². The Morgan fingerprint density at radius 1 is 1.30 bits per heavy atom. The lowest BCUT2D eigenvalue weighted by Crippen LogP contribution is -2.60. The zero-order valence-corrected chi connectivity index (χ0v) is 12.8. The first-order chi connectivity index (χ1) is 9.04. The Morgan fingerprint density at radius 3 is 2.20 bits per heavy atom. The van der Waals surface area contributed by atoms with E-state index in [0.717, 1.165) is 0 Å². The molecule has 0 saturated carbocycles. The highest BCUT2D eigenvalue weighted by molar-refractivity contribution is 5.80. The van der Waals surface area contributed by atoms with E-state index in [1.165, 1.54) is 12.0 Å². The first kappa shape index (κ1) is 19.2. The lowest BCUT2D eigenvalue weighted by Gasteiger charge is -2.35. The molecule has 0 aliphatic rings. The van der Waals surface area contributed by atoms with Crippen LogP contribution in [0.3, 0.4) is 0 Å². The van der Waals surface area contributed by atoms with Gasteiger partial charge in [0.25, 0.3) is 0 Å². The normalized spacial score (nSPS) is 15.5. The Hall–Kier alpha value is -0.820. The van der Waals surface area contributed by atoms with Gasteiger partial charge in [0, 0.05) is 12.6 Å². The third-order valence-corrected chi connectivity index (χ3v) is 2.73. The minimum atomic E-state index is -4.29. The van der Waals surface area contributed by atoms with Crippen LogP contribution in [0.5, 0.6) is 0 Å². The summed E-state index contributed by atoms with van der Waals surface area (Å²) in [4.78, 5) is 13.1. The summed E-state index contributed by atoms with van der Waals surface area (Å²) in [5, 5.41) is 3.00. The van der Waals surface area contributed by atoms with E-state index in [4.69, 9.17) is 4.74 Å². The van der Waals surface area contributed by atoms with Crippen molar-refractivity contribution in [3.8, 4) is 0 Å². The van der Waals surface area contributed by atoms with E-state index in [-0.39, 0.29) is 19.1 Å². The van der Waals surface area contributed by atoms with Crippen LogP contribution in [-0.2, 0) is 9.53 Å². The summed E-state index contributed by atoms with van der Waals surface area (Å²) in [5.41, 5.74) is -1.16. The van der Waals surface area contributed by atoms with Crippen molar-refractivity contribution in [3.05, 3.63) is 0 Å². The standard InChI is InChI=1S/C13H25F3N2O2/c1-6-7-18(9-13(14,15)16)8-12(4,11(19)20-5)17-10(2)3/h10,17H,6-9H2,1-5H3. The van der Waals surface area contributed by atoms with Crippen molar-refractivity contribution < 1.29 is 22.7 Å². The summed E-state index contributed by atoms with van der Waals surface area (Å²) in [6.07, 6.45) is -3.71. The number of carbonyl (C=O) groups excluding carboxylic acids is 1. The van der Waals surface area contributed by atoms with Crippen LogP contribution in [-0.4, -0.2) is 55.4 Å². The van der Waals surface area contributed by atoms with Crippen molar-refractivity contribution in [2.45, 2.75) is 51.9 Å². The highest BCUT2D eigenvalue weighted by atomic mass is 19.4. The number of hydrogen-bond acceptors (Lipinski definition) is 4. The van der Waals surface area contributed by atoms with Crippen molar-refractivity contribution in [1.82, 2.24) is 10.2 Å². The topological polar surface area (TPSA) is 41.6 Å². The number of nitrogens with zero attached hydrogens (tertiary/aromatic N) is 1. The Balaban J connectivity index is 5.02. The van der Waals surface area contributed by atoms with Crippen molar-refractivity contribution in [3.63, 3.8) is 0 Å². The third kappa shape index (κ3) is 7.09. The highest BCUT2D eigenvalue weighted by Gasteiger charge is 2.39. The Kier molecular flexibility index (Phi) is 7.51. The van der Waals surface area contributed by atoms with Crippen molar-refractivity contribution in [2.24, 2.45) is 0 Å². The van der Waals surface area contributed by atoms with Gasteiger partial charge in [0.1, 0.15) is 5.54 Å². The van der Waals surface area contributed by atoms with Gasteiger partial charge in [-0.05, 0) is 33.7 Å². The van der Waals surface area contributed by atoms with Gasteiger partial charge in [-0.2, -0.15) is 13.2 Å². The number of methoxy groups -OCH3 is 1. The molecule has 0 amide bonds. The molecule has 1 atom stereocenters.